The number of carbonyl (C=O) groups is 1. The molecule has 1 rings (SSSR count). The lowest BCUT2D eigenvalue weighted by Crippen LogP contribution is -2.36. The number of likely N-dealkylation sites (N-methyl/N-ethyl adjacent to an activating group) is 1. The molecule has 0 spiro atoms. The predicted octanol–water partition coefficient (Wildman–Crippen LogP) is 1.87. The van der Waals surface area contributed by atoms with E-state index in [1.807, 2.05) is 37.1 Å². The zero-order chi connectivity index (χ0) is 15.8. The zero-order valence-corrected chi connectivity index (χ0v) is 13.5. The van der Waals surface area contributed by atoms with Gasteiger partial charge in [-0.1, -0.05) is 13.8 Å². The summed E-state index contributed by atoms with van der Waals surface area (Å²) < 4.78 is 5.59. The fourth-order valence-corrected chi connectivity index (χ4v) is 1.98. The topological polar surface area (TPSA) is 67.6 Å². The molecule has 0 atom stereocenters. The van der Waals surface area contributed by atoms with Gasteiger partial charge in [-0.3, -0.25) is 9.69 Å². The summed E-state index contributed by atoms with van der Waals surface area (Å²) in [5.74, 6) is 1.31. The maximum Gasteiger partial charge on any atom is 0.234 e. The van der Waals surface area contributed by atoms with Gasteiger partial charge < -0.3 is 15.8 Å². The highest BCUT2D eigenvalue weighted by atomic mass is 16.5. The average molecular weight is 293 g/mol. The molecule has 0 saturated carbocycles. The number of carbonyl (C=O) groups excluding carboxylic acids is 1. The van der Waals surface area contributed by atoms with Crippen molar-refractivity contribution in [3.8, 4) is 5.75 Å². The van der Waals surface area contributed by atoms with Crippen LogP contribution in [-0.4, -0.2) is 37.6 Å². The van der Waals surface area contributed by atoms with Crippen molar-refractivity contribution < 1.29 is 9.53 Å². The molecule has 5 heteroatoms. The fraction of sp³-hybridized carbons (Fsp3) is 0.562. The minimum atomic E-state index is 0.0352. The summed E-state index contributed by atoms with van der Waals surface area (Å²) in [5.41, 5.74) is 7.52. The average Bonchev–Trinajstić information content (AvgIpc) is 2.39. The summed E-state index contributed by atoms with van der Waals surface area (Å²) in [6.07, 6.45) is 0. The standard InChI is InChI=1S/C16H27N3O2/c1-5-21-15-7-6-14(17)8-13(15)10-19(4)11-16(20)18-9-12(2)3/h6-8,12H,5,9-11,17H2,1-4H3,(H,18,20). The van der Waals surface area contributed by atoms with E-state index < -0.39 is 0 Å². The van der Waals surface area contributed by atoms with Crippen LogP contribution >= 0.6 is 0 Å². The molecule has 0 unspecified atom stereocenters. The molecule has 0 bridgehead atoms. The van der Waals surface area contributed by atoms with Crippen molar-refractivity contribution in [1.82, 2.24) is 10.2 Å². The number of hydrogen-bond acceptors (Lipinski definition) is 4. The molecule has 0 aromatic heterocycles. The monoisotopic (exact) mass is 293 g/mol. The molecule has 0 aliphatic rings. The minimum Gasteiger partial charge on any atom is -0.494 e. The van der Waals surface area contributed by atoms with Crippen molar-refractivity contribution in [1.29, 1.82) is 0 Å². The van der Waals surface area contributed by atoms with Gasteiger partial charge in [-0.25, -0.2) is 0 Å². The summed E-state index contributed by atoms with van der Waals surface area (Å²) in [6, 6.07) is 5.60. The van der Waals surface area contributed by atoms with E-state index in [4.69, 9.17) is 10.5 Å². The molecule has 0 aliphatic heterocycles. The highest BCUT2D eigenvalue weighted by molar-refractivity contribution is 5.77. The van der Waals surface area contributed by atoms with Crippen LogP contribution in [-0.2, 0) is 11.3 Å². The molecule has 1 aromatic carbocycles. The Hall–Kier alpha value is -1.75. The SMILES string of the molecule is CCOc1ccc(N)cc1CN(C)CC(=O)NCC(C)C. The second-order valence-corrected chi connectivity index (χ2v) is 5.67. The van der Waals surface area contributed by atoms with Gasteiger partial charge in [0.05, 0.1) is 13.2 Å². The molecule has 0 radical (unpaired) electrons. The van der Waals surface area contributed by atoms with E-state index in [1.165, 1.54) is 0 Å². The summed E-state index contributed by atoms with van der Waals surface area (Å²) in [7, 11) is 1.91. The molecule has 118 valence electrons. The number of nitrogens with two attached hydrogens (primary N) is 1. The Morgan fingerprint density at radius 2 is 2.14 bits per heavy atom. The Morgan fingerprint density at radius 3 is 2.76 bits per heavy atom. The first-order valence-electron chi connectivity index (χ1n) is 7.38. The van der Waals surface area contributed by atoms with E-state index in [0.717, 1.165) is 11.3 Å². The molecule has 5 nitrogen and oxygen atoms in total. The van der Waals surface area contributed by atoms with Crippen molar-refractivity contribution in [2.45, 2.75) is 27.3 Å². The lowest BCUT2D eigenvalue weighted by Gasteiger charge is -2.19. The first-order valence-corrected chi connectivity index (χ1v) is 7.38. The van der Waals surface area contributed by atoms with Crippen molar-refractivity contribution in [3.05, 3.63) is 23.8 Å². The van der Waals surface area contributed by atoms with E-state index in [2.05, 4.69) is 19.2 Å². The number of hydrogen-bond donors (Lipinski definition) is 2. The smallest absolute Gasteiger partial charge is 0.234 e. The second kappa shape index (κ2) is 8.52. The number of nitrogens with zero attached hydrogens (tertiary/aromatic N) is 1. The molecular formula is C16H27N3O2. The van der Waals surface area contributed by atoms with E-state index in [1.54, 1.807) is 0 Å². The van der Waals surface area contributed by atoms with Crippen LogP contribution in [0.1, 0.15) is 26.3 Å². The predicted molar refractivity (Wildman–Crippen MR) is 86.2 cm³/mol. The van der Waals surface area contributed by atoms with E-state index in [-0.39, 0.29) is 5.91 Å². The maximum absolute atomic E-state index is 11.8. The van der Waals surface area contributed by atoms with Gasteiger partial charge in [-0.05, 0) is 38.1 Å². The third-order valence-electron chi connectivity index (χ3n) is 2.95. The summed E-state index contributed by atoms with van der Waals surface area (Å²) >= 11 is 0. The number of anilines is 1. The summed E-state index contributed by atoms with van der Waals surface area (Å²) in [4.78, 5) is 13.8. The summed E-state index contributed by atoms with van der Waals surface area (Å²) in [5, 5.41) is 2.91. The molecule has 21 heavy (non-hydrogen) atoms. The third-order valence-corrected chi connectivity index (χ3v) is 2.95. The van der Waals surface area contributed by atoms with Gasteiger partial charge >= 0.3 is 0 Å². The Labute approximate surface area is 127 Å². The number of rotatable bonds is 8. The fourth-order valence-electron chi connectivity index (χ4n) is 1.98. The van der Waals surface area contributed by atoms with Crippen LogP contribution < -0.4 is 15.8 Å². The number of amides is 1. The molecule has 0 saturated heterocycles. The lowest BCUT2D eigenvalue weighted by atomic mass is 10.1. The number of ether oxygens (including phenoxy) is 1. The molecule has 1 aromatic rings. The first kappa shape index (κ1) is 17.3. The Morgan fingerprint density at radius 1 is 1.43 bits per heavy atom. The van der Waals surface area contributed by atoms with Crippen LogP contribution in [0.5, 0.6) is 5.75 Å². The largest absolute Gasteiger partial charge is 0.494 e. The van der Waals surface area contributed by atoms with Crippen molar-refractivity contribution in [2.24, 2.45) is 5.92 Å². The maximum atomic E-state index is 11.8. The molecule has 0 heterocycles. The van der Waals surface area contributed by atoms with E-state index in [0.29, 0.717) is 37.8 Å². The van der Waals surface area contributed by atoms with Gasteiger partial charge in [0, 0.05) is 24.3 Å². The highest BCUT2D eigenvalue weighted by Gasteiger charge is 2.11. The van der Waals surface area contributed by atoms with Gasteiger partial charge in [-0.15, -0.1) is 0 Å². The Balaban J connectivity index is 2.59. The zero-order valence-electron chi connectivity index (χ0n) is 13.5. The molecule has 0 fully saturated rings. The highest BCUT2D eigenvalue weighted by Crippen LogP contribution is 2.22. The molecule has 1 amide bonds. The van der Waals surface area contributed by atoms with Crippen LogP contribution in [0.25, 0.3) is 0 Å². The van der Waals surface area contributed by atoms with E-state index >= 15 is 0 Å². The van der Waals surface area contributed by atoms with Crippen LogP contribution in [0.2, 0.25) is 0 Å². The van der Waals surface area contributed by atoms with E-state index in [9.17, 15) is 4.79 Å². The molecular weight excluding hydrogens is 266 g/mol. The third kappa shape index (κ3) is 6.49. The van der Waals surface area contributed by atoms with Gasteiger partial charge in [0.25, 0.3) is 0 Å². The van der Waals surface area contributed by atoms with Crippen LogP contribution in [0, 0.1) is 5.92 Å². The van der Waals surface area contributed by atoms with Gasteiger partial charge in [-0.2, -0.15) is 0 Å². The number of nitrogen functional groups attached to an aromatic ring is 1. The Bertz CT molecular complexity index is 461. The van der Waals surface area contributed by atoms with Gasteiger partial charge in [0.15, 0.2) is 0 Å². The molecule has 3 N–H and O–H groups in total. The molecule has 0 aliphatic carbocycles. The van der Waals surface area contributed by atoms with Crippen LogP contribution in [0.15, 0.2) is 18.2 Å². The number of nitrogens with one attached hydrogen (secondary N) is 1. The van der Waals surface area contributed by atoms with Crippen LogP contribution in [0.4, 0.5) is 5.69 Å². The van der Waals surface area contributed by atoms with Crippen molar-refractivity contribution in [2.75, 3.05) is 32.5 Å². The van der Waals surface area contributed by atoms with Crippen molar-refractivity contribution >= 4 is 11.6 Å². The quantitative estimate of drug-likeness (QED) is 0.718. The summed E-state index contributed by atoms with van der Waals surface area (Å²) in [6.45, 7) is 8.38. The Kier molecular flexibility index (Phi) is 7.02. The van der Waals surface area contributed by atoms with Crippen molar-refractivity contribution in [3.63, 3.8) is 0 Å². The lowest BCUT2D eigenvalue weighted by molar-refractivity contribution is -0.122. The normalized spacial score (nSPS) is 11.0. The first-order chi connectivity index (χ1) is 9.92. The number of benzene rings is 1. The minimum absolute atomic E-state index is 0.0352. The van der Waals surface area contributed by atoms with Gasteiger partial charge in [0.2, 0.25) is 5.91 Å². The van der Waals surface area contributed by atoms with Gasteiger partial charge in [0.1, 0.15) is 5.75 Å². The van der Waals surface area contributed by atoms with Crippen LogP contribution in [0.3, 0.4) is 0 Å². The second-order valence-electron chi connectivity index (χ2n) is 5.67.